The largest absolute Gasteiger partial charge is 0.485 e. The molecule has 3 rings (SSSR count). The molecule has 0 radical (unpaired) electrons. The van der Waals surface area contributed by atoms with Crippen molar-refractivity contribution in [3.63, 3.8) is 0 Å². The van der Waals surface area contributed by atoms with Gasteiger partial charge in [0.1, 0.15) is 12.4 Å². The van der Waals surface area contributed by atoms with Crippen molar-refractivity contribution in [2.24, 2.45) is 0 Å². The number of benzene rings is 2. The molecule has 2 aromatic carbocycles. The SMILES string of the molecule is C=CCn1c(COc2cc(C)ccc2C)nnc1SCC(=O)Nc1ccccc1C. The molecule has 0 bridgehead atoms. The van der Waals surface area contributed by atoms with Crippen LogP contribution in [0.25, 0.3) is 0 Å². The van der Waals surface area contributed by atoms with E-state index in [9.17, 15) is 4.79 Å². The lowest BCUT2D eigenvalue weighted by molar-refractivity contribution is -0.113. The molecule has 3 aromatic rings. The van der Waals surface area contributed by atoms with Crippen LogP contribution in [0.4, 0.5) is 5.69 Å². The molecule has 0 atom stereocenters. The second-order valence-electron chi connectivity index (χ2n) is 7.01. The summed E-state index contributed by atoms with van der Waals surface area (Å²) in [5.74, 6) is 1.67. The van der Waals surface area contributed by atoms with Gasteiger partial charge in [-0.1, -0.05) is 48.2 Å². The lowest BCUT2D eigenvalue weighted by Crippen LogP contribution is -2.15. The van der Waals surface area contributed by atoms with Gasteiger partial charge in [-0.15, -0.1) is 16.8 Å². The zero-order valence-electron chi connectivity index (χ0n) is 17.5. The fraction of sp³-hybridized carbons (Fsp3) is 0.261. The van der Waals surface area contributed by atoms with Gasteiger partial charge in [-0.05, 0) is 49.6 Å². The minimum Gasteiger partial charge on any atom is -0.485 e. The van der Waals surface area contributed by atoms with E-state index in [1.54, 1.807) is 6.08 Å². The van der Waals surface area contributed by atoms with Crippen molar-refractivity contribution in [3.8, 4) is 5.75 Å². The number of rotatable bonds is 9. The normalized spacial score (nSPS) is 10.6. The molecule has 1 amide bonds. The fourth-order valence-electron chi connectivity index (χ4n) is 2.88. The molecular formula is C23H26N4O2S. The van der Waals surface area contributed by atoms with Crippen molar-refractivity contribution in [3.05, 3.63) is 77.6 Å². The van der Waals surface area contributed by atoms with Crippen molar-refractivity contribution in [1.29, 1.82) is 0 Å². The molecule has 1 heterocycles. The van der Waals surface area contributed by atoms with Gasteiger partial charge in [-0.3, -0.25) is 9.36 Å². The second kappa shape index (κ2) is 10.1. The molecule has 0 spiro atoms. The Morgan fingerprint density at radius 2 is 1.97 bits per heavy atom. The summed E-state index contributed by atoms with van der Waals surface area (Å²) < 4.78 is 7.90. The van der Waals surface area contributed by atoms with Crippen molar-refractivity contribution in [2.75, 3.05) is 11.1 Å². The van der Waals surface area contributed by atoms with E-state index in [1.807, 2.05) is 61.7 Å². The standard InChI is InChI=1S/C23H26N4O2S/c1-5-12-27-21(14-29-20-13-16(2)10-11-18(20)4)25-26-23(27)30-15-22(28)24-19-9-7-6-8-17(19)3/h5-11,13H,1,12,14-15H2,2-4H3,(H,24,28). The molecule has 0 aliphatic rings. The average molecular weight is 423 g/mol. The third-order valence-corrected chi connectivity index (χ3v) is 5.52. The first-order chi connectivity index (χ1) is 14.5. The lowest BCUT2D eigenvalue weighted by atomic mass is 10.1. The number of hydrogen-bond donors (Lipinski definition) is 1. The molecule has 0 saturated carbocycles. The van der Waals surface area contributed by atoms with Gasteiger partial charge in [-0.25, -0.2) is 0 Å². The third kappa shape index (κ3) is 5.51. The maximum atomic E-state index is 12.4. The van der Waals surface area contributed by atoms with Gasteiger partial charge in [0.25, 0.3) is 0 Å². The van der Waals surface area contributed by atoms with Crippen LogP contribution in [0.5, 0.6) is 5.75 Å². The first kappa shape index (κ1) is 21.6. The average Bonchev–Trinajstić information content (AvgIpc) is 3.11. The number of aryl methyl sites for hydroxylation is 3. The minimum absolute atomic E-state index is 0.0874. The predicted molar refractivity (Wildman–Crippen MR) is 121 cm³/mol. The van der Waals surface area contributed by atoms with E-state index in [1.165, 1.54) is 11.8 Å². The van der Waals surface area contributed by atoms with Crippen molar-refractivity contribution < 1.29 is 9.53 Å². The Labute approximate surface area is 181 Å². The number of hydrogen-bond acceptors (Lipinski definition) is 5. The van der Waals surface area contributed by atoms with Crippen molar-refractivity contribution in [2.45, 2.75) is 39.1 Å². The Morgan fingerprint density at radius 1 is 1.17 bits per heavy atom. The van der Waals surface area contributed by atoms with E-state index in [4.69, 9.17) is 4.74 Å². The molecular weight excluding hydrogens is 396 g/mol. The van der Waals surface area contributed by atoms with E-state index >= 15 is 0 Å². The number of nitrogens with zero attached hydrogens (tertiary/aromatic N) is 3. The summed E-state index contributed by atoms with van der Waals surface area (Å²) in [5, 5.41) is 12.1. The number of carbonyl (C=O) groups is 1. The van der Waals surface area contributed by atoms with Crippen LogP contribution in [-0.4, -0.2) is 26.4 Å². The molecule has 1 aromatic heterocycles. The fourth-order valence-corrected chi connectivity index (χ4v) is 3.65. The minimum atomic E-state index is -0.0874. The van der Waals surface area contributed by atoms with Gasteiger partial charge < -0.3 is 10.1 Å². The first-order valence-electron chi connectivity index (χ1n) is 9.69. The molecule has 0 unspecified atom stereocenters. The Bertz CT molecular complexity index is 1050. The van der Waals surface area contributed by atoms with Gasteiger partial charge in [0.15, 0.2) is 11.0 Å². The number of amides is 1. The van der Waals surface area contributed by atoms with Crippen LogP contribution in [0.15, 0.2) is 60.3 Å². The highest BCUT2D eigenvalue weighted by atomic mass is 32.2. The molecule has 1 N–H and O–H groups in total. The molecule has 156 valence electrons. The summed E-state index contributed by atoms with van der Waals surface area (Å²) in [7, 11) is 0. The van der Waals surface area contributed by atoms with Crippen LogP contribution in [0.3, 0.4) is 0 Å². The molecule has 0 saturated heterocycles. The van der Waals surface area contributed by atoms with Crippen molar-refractivity contribution >= 4 is 23.4 Å². The monoisotopic (exact) mass is 422 g/mol. The molecule has 0 aliphatic heterocycles. The summed E-state index contributed by atoms with van der Waals surface area (Å²) in [6.07, 6.45) is 1.78. The molecule has 6 nitrogen and oxygen atoms in total. The van der Waals surface area contributed by atoms with Gasteiger partial charge in [0, 0.05) is 12.2 Å². The molecule has 30 heavy (non-hydrogen) atoms. The topological polar surface area (TPSA) is 69.0 Å². The van der Waals surface area contributed by atoms with Gasteiger partial charge in [-0.2, -0.15) is 0 Å². The van der Waals surface area contributed by atoms with Crippen LogP contribution in [0.1, 0.15) is 22.5 Å². The summed E-state index contributed by atoms with van der Waals surface area (Å²) in [4.78, 5) is 12.4. The predicted octanol–water partition coefficient (Wildman–Crippen LogP) is 4.70. The third-order valence-electron chi connectivity index (χ3n) is 4.56. The Morgan fingerprint density at radius 3 is 2.73 bits per heavy atom. The van der Waals surface area contributed by atoms with Crippen LogP contribution in [0, 0.1) is 20.8 Å². The maximum absolute atomic E-state index is 12.4. The highest BCUT2D eigenvalue weighted by molar-refractivity contribution is 7.99. The Balaban J connectivity index is 1.65. The number of anilines is 1. The second-order valence-corrected chi connectivity index (χ2v) is 7.95. The molecule has 0 aliphatic carbocycles. The highest BCUT2D eigenvalue weighted by Crippen LogP contribution is 2.22. The maximum Gasteiger partial charge on any atom is 0.234 e. The number of para-hydroxylation sites is 1. The highest BCUT2D eigenvalue weighted by Gasteiger charge is 2.15. The summed E-state index contributed by atoms with van der Waals surface area (Å²) in [5.41, 5.74) is 4.05. The number of ether oxygens (including phenoxy) is 1. The van der Waals surface area contributed by atoms with Gasteiger partial charge in [0.05, 0.1) is 5.75 Å². The number of aromatic nitrogens is 3. The van der Waals surface area contributed by atoms with Crippen LogP contribution in [-0.2, 0) is 17.9 Å². The summed E-state index contributed by atoms with van der Waals surface area (Å²) in [6, 6.07) is 13.8. The van der Waals surface area contributed by atoms with Crippen LogP contribution in [0.2, 0.25) is 0 Å². The first-order valence-corrected chi connectivity index (χ1v) is 10.7. The zero-order chi connectivity index (χ0) is 21.5. The lowest BCUT2D eigenvalue weighted by Gasteiger charge is -2.11. The quantitative estimate of drug-likeness (QED) is 0.400. The smallest absolute Gasteiger partial charge is 0.234 e. The van der Waals surface area contributed by atoms with Crippen molar-refractivity contribution in [1.82, 2.24) is 14.8 Å². The van der Waals surface area contributed by atoms with Gasteiger partial charge >= 0.3 is 0 Å². The zero-order valence-corrected chi connectivity index (χ0v) is 18.3. The summed E-state index contributed by atoms with van der Waals surface area (Å²) in [6.45, 7) is 10.7. The van der Waals surface area contributed by atoms with Crippen LogP contribution >= 0.6 is 11.8 Å². The summed E-state index contributed by atoms with van der Waals surface area (Å²) >= 11 is 1.34. The number of carbonyl (C=O) groups excluding carboxylic acids is 1. The number of nitrogens with one attached hydrogen (secondary N) is 1. The Kier molecular flexibility index (Phi) is 7.30. The Hall–Kier alpha value is -3.06. The number of allylic oxidation sites excluding steroid dienone is 1. The van der Waals surface area contributed by atoms with Crippen LogP contribution < -0.4 is 10.1 Å². The molecule has 0 fully saturated rings. The molecule has 7 heteroatoms. The van der Waals surface area contributed by atoms with E-state index in [2.05, 4.69) is 28.2 Å². The van der Waals surface area contributed by atoms with E-state index in [0.717, 1.165) is 28.1 Å². The van der Waals surface area contributed by atoms with Gasteiger partial charge in [0.2, 0.25) is 5.91 Å². The number of thioether (sulfide) groups is 1. The van der Waals surface area contributed by atoms with E-state index in [-0.39, 0.29) is 11.7 Å². The van der Waals surface area contributed by atoms with E-state index in [0.29, 0.717) is 24.1 Å². The van der Waals surface area contributed by atoms with E-state index < -0.39 is 0 Å².